The van der Waals surface area contributed by atoms with Gasteiger partial charge in [0.25, 0.3) is 5.91 Å². The molecular formula is C14H14FN3O. The lowest BCUT2D eigenvalue weighted by Gasteiger charge is -2.21. The summed E-state index contributed by atoms with van der Waals surface area (Å²) in [4.78, 5) is 17.6. The summed E-state index contributed by atoms with van der Waals surface area (Å²) in [6.45, 7) is 2.13. The zero-order valence-electron chi connectivity index (χ0n) is 10.5. The number of carbonyl (C=O) groups is 1. The number of nitrogen functional groups attached to an aromatic ring is 1. The highest BCUT2D eigenvalue weighted by atomic mass is 19.1. The van der Waals surface area contributed by atoms with E-state index in [2.05, 4.69) is 4.98 Å². The smallest absolute Gasteiger partial charge is 0.276 e. The Morgan fingerprint density at radius 2 is 2.05 bits per heavy atom. The number of para-hydroxylation sites is 1. The van der Waals surface area contributed by atoms with Crippen molar-refractivity contribution in [1.82, 2.24) is 4.98 Å². The van der Waals surface area contributed by atoms with Crippen LogP contribution in [-0.2, 0) is 0 Å². The summed E-state index contributed by atoms with van der Waals surface area (Å²) in [5.41, 5.74) is 6.48. The third-order valence-electron chi connectivity index (χ3n) is 2.71. The van der Waals surface area contributed by atoms with E-state index in [1.165, 1.54) is 23.2 Å². The second-order valence-corrected chi connectivity index (χ2v) is 3.98. The first-order chi connectivity index (χ1) is 9.13. The third kappa shape index (κ3) is 2.70. The highest BCUT2D eigenvalue weighted by molar-refractivity contribution is 6.04. The lowest BCUT2D eigenvalue weighted by molar-refractivity contribution is 0.0982. The zero-order valence-corrected chi connectivity index (χ0v) is 10.5. The molecule has 1 heterocycles. The number of hydrogen-bond acceptors (Lipinski definition) is 3. The van der Waals surface area contributed by atoms with Gasteiger partial charge in [0.1, 0.15) is 11.5 Å². The molecule has 0 spiro atoms. The molecule has 1 amide bonds. The molecule has 0 atom stereocenters. The van der Waals surface area contributed by atoms with Crippen LogP contribution in [0.4, 0.5) is 15.8 Å². The van der Waals surface area contributed by atoms with Gasteiger partial charge >= 0.3 is 0 Å². The van der Waals surface area contributed by atoms with Gasteiger partial charge in [-0.25, -0.2) is 9.37 Å². The van der Waals surface area contributed by atoms with Crippen molar-refractivity contribution in [3.8, 4) is 0 Å². The van der Waals surface area contributed by atoms with E-state index in [9.17, 15) is 9.18 Å². The molecule has 0 fully saturated rings. The molecule has 0 saturated carbocycles. The average Bonchev–Trinajstić information content (AvgIpc) is 2.42. The van der Waals surface area contributed by atoms with Crippen LogP contribution in [0.3, 0.4) is 0 Å². The summed E-state index contributed by atoms with van der Waals surface area (Å²) < 4.78 is 13.7. The van der Waals surface area contributed by atoms with Crippen LogP contribution < -0.4 is 10.6 Å². The molecule has 1 aromatic heterocycles. The van der Waals surface area contributed by atoms with Crippen molar-refractivity contribution >= 4 is 17.3 Å². The summed E-state index contributed by atoms with van der Waals surface area (Å²) in [6, 6.07) is 9.27. The first kappa shape index (κ1) is 13.0. The molecule has 0 radical (unpaired) electrons. The fourth-order valence-electron chi connectivity index (χ4n) is 1.76. The Bertz CT molecular complexity index is 583. The number of pyridine rings is 1. The predicted octanol–water partition coefficient (Wildman–Crippen LogP) is 2.47. The molecule has 1 aromatic carbocycles. The van der Waals surface area contributed by atoms with E-state index in [4.69, 9.17) is 5.73 Å². The monoisotopic (exact) mass is 259 g/mol. The zero-order chi connectivity index (χ0) is 13.8. The van der Waals surface area contributed by atoms with Crippen molar-refractivity contribution in [3.05, 3.63) is 54.1 Å². The average molecular weight is 259 g/mol. The molecule has 5 heteroatoms. The van der Waals surface area contributed by atoms with E-state index in [0.29, 0.717) is 12.2 Å². The summed E-state index contributed by atoms with van der Waals surface area (Å²) in [5.74, 6) is -0.791. The number of rotatable bonds is 3. The lowest BCUT2D eigenvalue weighted by Crippen LogP contribution is -2.32. The van der Waals surface area contributed by atoms with Gasteiger partial charge in [-0.15, -0.1) is 0 Å². The van der Waals surface area contributed by atoms with Crippen LogP contribution >= 0.6 is 0 Å². The van der Waals surface area contributed by atoms with Gasteiger partial charge in [0.05, 0.1) is 17.6 Å². The maximum absolute atomic E-state index is 13.7. The number of nitrogens with zero attached hydrogens (tertiary/aromatic N) is 2. The first-order valence-electron chi connectivity index (χ1n) is 5.91. The normalized spacial score (nSPS) is 10.2. The molecule has 19 heavy (non-hydrogen) atoms. The Balaban J connectivity index is 2.35. The minimum atomic E-state index is -0.437. The quantitative estimate of drug-likeness (QED) is 0.921. The SMILES string of the molecule is CCN(C(=O)c1ccc(N)cn1)c1ccccc1F. The van der Waals surface area contributed by atoms with E-state index >= 15 is 0 Å². The van der Waals surface area contributed by atoms with Gasteiger partial charge < -0.3 is 10.6 Å². The summed E-state index contributed by atoms with van der Waals surface area (Å²) in [6.07, 6.45) is 1.41. The van der Waals surface area contributed by atoms with Crippen LogP contribution in [0.5, 0.6) is 0 Å². The number of anilines is 2. The molecule has 4 nitrogen and oxygen atoms in total. The van der Waals surface area contributed by atoms with Crippen LogP contribution in [-0.4, -0.2) is 17.4 Å². The Morgan fingerprint density at radius 1 is 1.32 bits per heavy atom. The summed E-state index contributed by atoms with van der Waals surface area (Å²) in [7, 11) is 0. The number of halogens is 1. The minimum Gasteiger partial charge on any atom is -0.397 e. The van der Waals surface area contributed by atoms with Crippen LogP contribution in [0.1, 0.15) is 17.4 Å². The van der Waals surface area contributed by atoms with Crippen molar-refractivity contribution in [2.24, 2.45) is 0 Å². The molecule has 0 aliphatic heterocycles. The molecule has 0 unspecified atom stereocenters. The molecule has 2 N–H and O–H groups in total. The summed E-state index contributed by atoms with van der Waals surface area (Å²) >= 11 is 0. The fraction of sp³-hybridized carbons (Fsp3) is 0.143. The van der Waals surface area contributed by atoms with Crippen molar-refractivity contribution in [3.63, 3.8) is 0 Å². The van der Waals surface area contributed by atoms with E-state index in [-0.39, 0.29) is 17.3 Å². The fourth-order valence-corrected chi connectivity index (χ4v) is 1.76. The van der Waals surface area contributed by atoms with Crippen LogP contribution in [0, 0.1) is 5.82 Å². The molecule has 0 aliphatic carbocycles. The number of benzene rings is 1. The lowest BCUT2D eigenvalue weighted by atomic mass is 10.2. The predicted molar refractivity (Wildman–Crippen MR) is 72.4 cm³/mol. The van der Waals surface area contributed by atoms with E-state index < -0.39 is 5.82 Å². The Labute approximate surface area is 110 Å². The molecule has 0 aliphatic rings. The van der Waals surface area contributed by atoms with E-state index in [0.717, 1.165) is 0 Å². The molecule has 2 rings (SSSR count). The van der Waals surface area contributed by atoms with Crippen LogP contribution in [0.2, 0.25) is 0 Å². The highest BCUT2D eigenvalue weighted by Crippen LogP contribution is 2.20. The molecule has 2 aromatic rings. The van der Waals surface area contributed by atoms with Crippen molar-refractivity contribution in [2.75, 3.05) is 17.2 Å². The number of aromatic nitrogens is 1. The first-order valence-corrected chi connectivity index (χ1v) is 5.91. The summed E-state index contributed by atoms with van der Waals surface area (Å²) in [5, 5.41) is 0. The van der Waals surface area contributed by atoms with Crippen LogP contribution in [0.25, 0.3) is 0 Å². The van der Waals surface area contributed by atoms with Crippen molar-refractivity contribution in [1.29, 1.82) is 0 Å². The molecule has 0 bridgehead atoms. The second kappa shape index (κ2) is 5.48. The van der Waals surface area contributed by atoms with Gasteiger partial charge in [0.2, 0.25) is 0 Å². The van der Waals surface area contributed by atoms with Gasteiger partial charge in [0.15, 0.2) is 0 Å². The third-order valence-corrected chi connectivity index (χ3v) is 2.71. The van der Waals surface area contributed by atoms with Gasteiger partial charge in [-0.1, -0.05) is 12.1 Å². The van der Waals surface area contributed by atoms with Crippen LogP contribution in [0.15, 0.2) is 42.6 Å². The number of hydrogen-bond donors (Lipinski definition) is 1. The molecule has 0 saturated heterocycles. The van der Waals surface area contributed by atoms with Gasteiger partial charge in [-0.05, 0) is 31.2 Å². The van der Waals surface area contributed by atoms with Gasteiger partial charge in [-0.2, -0.15) is 0 Å². The number of nitrogens with two attached hydrogens (primary N) is 1. The maximum Gasteiger partial charge on any atom is 0.276 e. The van der Waals surface area contributed by atoms with Gasteiger partial charge in [0, 0.05) is 6.54 Å². The van der Waals surface area contributed by atoms with E-state index in [1.807, 2.05) is 0 Å². The molecule has 98 valence electrons. The number of carbonyl (C=O) groups excluding carboxylic acids is 1. The Hall–Kier alpha value is -2.43. The van der Waals surface area contributed by atoms with Gasteiger partial charge in [-0.3, -0.25) is 4.79 Å². The van der Waals surface area contributed by atoms with Crippen molar-refractivity contribution < 1.29 is 9.18 Å². The standard InChI is InChI=1S/C14H14FN3O/c1-2-18(13-6-4-3-5-11(13)15)14(19)12-8-7-10(16)9-17-12/h3-9H,2,16H2,1H3. The highest BCUT2D eigenvalue weighted by Gasteiger charge is 2.19. The maximum atomic E-state index is 13.7. The second-order valence-electron chi connectivity index (χ2n) is 3.98. The Morgan fingerprint density at radius 3 is 2.63 bits per heavy atom. The molecular weight excluding hydrogens is 245 g/mol. The largest absolute Gasteiger partial charge is 0.397 e. The number of amides is 1. The van der Waals surface area contributed by atoms with Crippen molar-refractivity contribution in [2.45, 2.75) is 6.92 Å². The Kier molecular flexibility index (Phi) is 3.75. The minimum absolute atomic E-state index is 0.235. The van der Waals surface area contributed by atoms with E-state index in [1.54, 1.807) is 31.2 Å². The topological polar surface area (TPSA) is 59.2 Å².